The molecule has 1 N–H and O–H groups in total. The third-order valence-electron chi connectivity index (χ3n) is 6.73. The Morgan fingerprint density at radius 1 is 0.975 bits per heavy atom. The van der Waals surface area contributed by atoms with Crippen LogP contribution < -0.4 is 19.7 Å². The van der Waals surface area contributed by atoms with Crippen molar-refractivity contribution < 1.29 is 23.9 Å². The maximum Gasteiger partial charge on any atom is 0.279 e. The van der Waals surface area contributed by atoms with E-state index in [1.165, 1.54) is 25.4 Å². The molecule has 40 heavy (non-hydrogen) atoms. The van der Waals surface area contributed by atoms with E-state index < -0.39 is 5.91 Å². The van der Waals surface area contributed by atoms with E-state index in [1.807, 2.05) is 13.0 Å². The standard InChI is InChI=1S/C30H25N5O5/c1-18-17-34-27(25(16-32-34)33-29(37)21-8-13-26(40-3)22(14-21)15-31)30(38)35(18)23-9-4-19(5-10-23)28(36)20-6-11-24(39-2)12-7-20/h4-14,16,18H,17H2,1-3H3,(H,33,37). The minimum atomic E-state index is -0.491. The van der Waals surface area contributed by atoms with Crippen molar-refractivity contribution in [1.82, 2.24) is 9.78 Å². The number of carbonyl (C=O) groups excluding carboxylic acids is 3. The zero-order valence-corrected chi connectivity index (χ0v) is 22.0. The molecule has 3 aromatic carbocycles. The molecule has 0 aliphatic carbocycles. The van der Waals surface area contributed by atoms with E-state index in [1.54, 1.807) is 71.3 Å². The highest BCUT2D eigenvalue weighted by molar-refractivity contribution is 6.14. The molecule has 1 unspecified atom stereocenters. The highest BCUT2D eigenvalue weighted by Crippen LogP contribution is 2.30. The lowest BCUT2D eigenvalue weighted by Gasteiger charge is -2.34. The maximum atomic E-state index is 13.7. The molecule has 10 nitrogen and oxygen atoms in total. The molecule has 0 bridgehead atoms. The van der Waals surface area contributed by atoms with Crippen molar-refractivity contribution in [2.24, 2.45) is 0 Å². The number of rotatable bonds is 7. The zero-order valence-electron chi connectivity index (χ0n) is 22.0. The summed E-state index contributed by atoms with van der Waals surface area (Å²) in [7, 11) is 3.01. The third kappa shape index (κ3) is 4.76. The summed E-state index contributed by atoms with van der Waals surface area (Å²) in [6.45, 7) is 2.31. The Bertz CT molecular complexity index is 1650. The highest BCUT2D eigenvalue weighted by Gasteiger charge is 2.34. The molecule has 1 atom stereocenters. The minimum absolute atomic E-state index is 0.145. The molecule has 0 spiro atoms. The predicted molar refractivity (Wildman–Crippen MR) is 147 cm³/mol. The summed E-state index contributed by atoms with van der Waals surface area (Å²) in [5.41, 5.74) is 2.58. The number of methoxy groups -OCH3 is 2. The zero-order chi connectivity index (χ0) is 28.4. The number of amides is 2. The van der Waals surface area contributed by atoms with Crippen LogP contribution in [0.15, 0.2) is 72.9 Å². The fourth-order valence-corrected chi connectivity index (χ4v) is 4.67. The molecule has 5 rings (SSSR count). The molecule has 4 aromatic rings. The summed E-state index contributed by atoms with van der Waals surface area (Å²) >= 11 is 0. The van der Waals surface area contributed by atoms with Crippen LogP contribution >= 0.6 is 0 Å². The summed E-state index contributed by atoms with van der Waals surface area (Å²) in [5, 5.41) is 16.4. The number of nitrogens with zero attached hydrogens (tertiary/aromatic N) is 4. The van der Waals surface area contributed by atoms with Gasteiger partial charge in [-0.15, -0.1) is 0 Å². The number of benzene rings is 3. The average molecular weight is 536 g/mol. The summed E-state index contributed by atoms with van der Waals surface area (Å²) in [6.07, 6.45) is 1.44. The first-order valence-corrected chi connectivity index (χ1v) is 12.4. The van der Waals surface area contributed by atoms with Gasteiger partial charge in [-0.3, -0.25) is 19.1 Å². The van der Waals surface area contributed by atoms with Crippen LogP contribution in [0.5, 0.6) is 11.5 Å². The van der Waals surface area contributed by atoms with Crippen LogP contribution in [-0.4, -0.2) is 47.6 Å². The molecular formula is C30H25N5O5. The molecule has 0 radical (unpaired) electrons. The Balaban J connectivity index is 1.37. The first-order chi connectivity index (χ1) is 19.3. The van der Waals surface area contributed by atoms with Crippen LogP contribution in [0.2, 0.25) is 0 Å². The van der Waals surface area contributed by atoms with Gasteiger partial charge in [-0.1, -0.05) is 0 Å². The lowest BCUT2D eigenvalue weighted by atomic mass is 10.0. The number of hydrogen-bond acceptors (Lipinski definition) is 7. The van der Waals surface area contributed by atoms with Crippen LogP contribution in [0.25, 0.3) is 0 Å². The number of fused-ring (bicyclic) bond motifs is 1. The fourth-order valence-electron chi connectivity index (χ4n) is 4.67. The molecular weight excluding hydrogens is 510 g/mol. The molecule has 1 aromatic heterocycles. The highest BCUT2D eigenvalue weighted by atomic mass is 16.5. The number of carbonyl (C=O) groups is 3. The van der Waals surface area contributed by atoms with Crippen molar-refractivity contribution in [3.8, 4) is 17.6 Å². The van der Waals surface area contributed by atoms with E-state index >= 15 is 0 Å². The van der Waals surface area contributed by atoms with Gasteiger partial charge in [0.05, 0.1) is 44.3 Å². The van der Waals surface area contributed by atoms with E-state index in [9.17, 15) is 19.6 Å². The van der Waals surface area contributed by atoms with Gasteiger partial charge >= 0.3 is 0 Å². The van der Waals surface area contributed by atoms with Gasteiger partial charge in [-0.2, -0.15) is 10.4 Å². The Labute approximate surface area is 230 Å². The molecule has 10 heteroatoms. The van der Waals surface area contributed by atoms with Crippen LogP contribution in [0.1, 0.15) is 49.3 Å². The number of nitrogens with one attached hydrogen (secondary N) is 1. The molecule has 200 valence electrons. The van der Waals surface area contributed by atoms with Crippen molar-refractivity contribution in [2.75, 3.05) is 24.4 Å². The van der Waals surface area contributed by atoms with Crippen LogP contribution in [0.3, 0.4) is 0 Å². The van der Waals surface area contributed by atoms with Gasteiger partial charge in [-0.25, -0.2) is 0 Å². The van der Waals surface area contributed by atoms with Gasteiger partial charge in [0.1, 0.15) is 23.3 Å². The van der Waals surface area contributed by atoms with Gasteiger partial charge in [-0.05, 0) is 73.7 Å². The maximum absolute atomic E-state index is 13.7. The SMILES string of the molecule is COc1ccc(C(=O)c2ccc(N3C(=O)c4c(NC(=O)c5ccc(OC)c(C#N)c5)cnn4CC3C)cc2)cc1. The van der Waals surface area contributed by atoms with Crippen LogP contribution in [-0.2, 0) is 6.54 Å². The number of nitriles is 1. The monoisotopic (exact) mass is 535 g/mol. The summed E-state index contributed by atoms with van der Waals surface area (Å²) in [5.74, 6) is 0.0460. The van der Waals surface area contributed by atoms with Gasteiger partial charge in [0.25, 0.3) is 11.8 Å². The lowest BCUT2D eigenvalue weighted by Crippen LogP contribution is -2.47. The first-order valence-electron chi connectivity index (χ1n) is 12.4. The van der Waals surface area contributed by atoms with E-state index in [2.05, 4.69) is 10.4 Å². The Kier molecular flexibility index (Phi) is 7.03. The van der Waals surface area contributed by atoms with Gasteiger partial charge in [0.15, 0.2) is 5.78 Å². The normalized spacial score (nSPS) is 14.2. The summed E-state index contributed by atoms with van der Waals surface area (Å²) in [4.78, 5) is 41.2. The van der Waals surface area contributed by atoms with Gasteiger partial charge in [0.2, 0.25) is 0 Å². The van der Waals surface area contributed by atoms with E-state index in [0.29, 0.717) is 34.9 Å². The topological polar surface area (TPSA) is 127 Å². The smallest absolute Gasteiger partial charge is 0.279 e. The fraction of sp³-hybridized carbons (Fsp3) is 0.167. The first kappa shape index (κ1) is 26.2. The van der Waals surface area contributed by atoms with Gasteiger partial charge in [0, 0.05) is 22.4 Å². The molecule has 0 saturated carbocycles. The van der Waals surface area contributed by atoms with Crippen LogP contribution in [0.4, 0.5) is 11.4 Å². The second kappa shape index (κ2) is 10.7. The average Bonchev–Trinajstić information content (AvgIpc) is 3.38. The largest absolute Gasteiger partial charge is 0.497 e. The van der Waals surface area contributed by atoms with Gasteiger partial charge < -0.3 is 19.7 Å². The Morgan fingerprint density at radius 2 is 1.62 bits per heavy atom. The van der Waals surface area contributed by atoms with Crippen molar-refractivity contribution in [3.05, 3.63) is 101 Å². The molecule has 2 heterocycles. The molecule has 0 saturated heterocycles. The number of hydrogen-bond donors (Lipinski definition) is 1. The van der Waals surface area contributed by atoms with Crippen molar-refractivity contribution in [2.45, 2.75) is 19.5 Å². The Morgan fingerprint density at radius 3 is 2.25 bits per heavy atom. The molecule has 0 fully saturated rings. The Hall–Kier alpha value is -5.43. The lowest BCUT2D eigenvalue weighted by molar-refractivity contribution is 0.0947. The second-order valence-electron chi connectivity index (χ2n) is 9.20. The minimum Gasteiger partial charge on any atom is -0.497 e. The molecule has 2 amide bonds. The quantitative estimate of drug-likeness (QED) is 0.350. The van der Waals surface area contributed by atoms with Crippen molar-refractivity contribution in [3.63, 3.8) is 0 Å². The third-order valence-corrected chi connectivity index (χ3v) is 6.73. The van der Waals surface area contributed by atoms with Crippen molar-refractivity contribution in [1.29, 1.82) is 5.26 Å². The number of aromatic nitrogens is 2. The van der Waals surface area contributed by atoms with E-state index in [-0.39, 0.29) is 40.2 Å². The van der Waals surface area contributed by atoms with E-state index in [0.717, 1.165) is 0 Å². The second-order valence-corrected chi connectivity index (χ2v) is 9.20. The summed E-state index contributed by atoms with van der Waals surface area (Å²) < 4.78 is 11.9. The number of ether oxygens (including phenoxy) is 2. The van der Waals surface area contributed by atoms with Crippen LogP contribution in [0, 0.1) is 11.3 Å². The van der Waals surface area contributed by atoms with Crippen molar-refractivity contribution >= 4 is 29.0 Å². The summed E-state index contributed by atoms with van der Waals surface area (Å²) in [6, 6.07) is 20.0. The number of ketones is 1. The molecule has 1 aliphatic rings. The van der Waals surface area contributed by atoms with E-state index in [4.69, 9.17) is 9.47 Å². The predicted octanol–water partition coefficient (Wildman–Crippen LogP) is 4.30. The molecule has 1 aliphatic heterocycles. The number of anilines is 2.